The van der Waals surface area contributed by atoms with Crippen LogP contribution in [0.4, 0.5) is 17.1 Å². The zero-order valence-electron chi connectivity index (χ0n) is 17.7. The lowest BCUT2D eigenvalue weighted by Crippen LogP contribution is -2.42. The van der Waals surface area contributed by atoms with Gasteiger partial charge >= 0.3 is 5.97 Å². The molecule has 0 aliphatic rings. The molecule has 8 nitrogen and oxygen atoms in total. The highest BCUT2D eigenvalue weighted by Gasteiger charge is 2.25. The number of sulfonamides is 1. The molecule has 166 valence electrons. The molecule has 0 saturated heterocycles. The van der Waals surface area contributed by atoms with Crippen LogP contribution in [0.2, 0.25) is 0 Å². The number of hydrogen-bond acceptors (Lipinski definition) is 6. The first-order chi connectivity index (χ1) is 15.2. The van der Waals surface area contributed by atoms with Gasteiger partial charge in [-0.3, -0.25) is 4.79 Å². The average molecular weight is 453 g/mol. The summed E-state index contributed by atoms with van der Waals surface area (Å²) in [6.45, 7) is 0. The molecule has 0 fully saturated rings. The number of nitrogens with one attached hydrogen (secondary N) is 1. The van der Waals surface area contributed by atoms with Crippen molar-refractivity contribution in [2.24, 2.45) is 10.2 Å². The Kier molecular flexibility index (Phi) is 7.34. The normalized spacial score (nSPS) is 12.6. The van der Waals surface area contributed by atoms with Crippen molar-refractivity contribution < 1.29 is 18.3 Å². The van der Waals surface area contributed by atoms with E-state index in [2.05, 4.69) is 15.0 Å². The Morgan fingerprint density at radius 3 is 1.94 bits per heavy atom. The minimum absolute atomic E-state index is 0.0360. The Hall–Kier alpha value is -3.56. The van der Waals surface area contributed by atoms with Gasteiger partial charge in [-0.1, -0.05) is 30.3 Å². The predicted octanol–water partition coefficient (Wildman–Crippen LogP) is 4.14. The first kappa shape index (κ1) is 23.1. The van der Waals surface area contributed by atoms with Crippen LogP contribution in [0.3, 0.4) is 0 Å². The molecule has 3 rings (SSSR count). The van der Waals surface area contributed by atoms with Crippen LogP contribution >= 0.6 is 0 Å². The lowest BCUT2D eigenvalue weighted by Gasteiger charge is -2.15. The summed E-state index contributed by atoms with van der Waals surface area (Å²) in [5.41, 5.74) is 2.90. The molecule has 0 radical (unpaired) electrons. The topological polar surface area (TPSA) is 111 Å². The van der Waals surface area contributed by atoms with Crippen molar-refractivity contribution >= 4 is 33.1 Å². The molecule has 0 aliphatic heterocycles. The summed E-state index contributed by atoms with van der Waals surface area (Å²) in [6.07, 6.45) is 0.0360. The second-order valence-electron chi connectivity index (χ2n) is 7.31. The molecule has 3 aromatic rings. The van der Waals surface area contributed by atoms with E-state index in [0.29, 0.717) is 11.4 Å². The van der Waals surface area contributed by atoms with E-state index in [1.807, 2.05) is 43.3 Å². The summed E-state index contributed by atoms with van der Waals surface area (Å²) in [5, 5.41) is 17.7. The van der Waals surface area contributed by atoms with Gasteiger partial charge in [-0.25, -0.2) is 8.42 Å². The zero-order valence-corrected chi connectivity index (χ0v) is 18.5. The maximum Gasteiger partial charge on any atom is 0.322 e. The lowest BCUT2D eigenvalue weighted by molar-refractivity contribution is -0.138. The van der Waals surface area contributed by atoms with E-state index in [9.17, 15) is 18.3 Å². The second kappa shape index (κ2) is 10.2. The molecule has 1 atom stereocenters. The fraction of sp³-hybridized carbons (Fsp3) is 0.174. The van der Waals surface area contributed by atoms with E-state index in [0.717, 1.165) is 11.3 Å². The summed E-state index contributed by atoms with van der Waals surface area (Å²) in [5.74, 6) is -1.25. The van der Waals surface area contributed by atoms with Crippen molar-refractivity contribution in [3.63, 3.8) is 0 Å². The van der Waals surface area contributed by atoms with Crippen LogP contribution in [0.5, 0.6) is 0 Å². The van der Waals surface area contributed by atoms with Gasteiger partial charge in [-0.2, -0.15) is 15.0 Å². The zero-order chi connectivity index (χ0) is 23.1. The van der Waals surface area contributed by atoms with E-state index in [4.69, 9.17) is 0 Å². The van der Waals surface area contributed by atoms with Crippen molar-refractivity contribution in [1.82, 2.24) is 4.72 Å². The predicted molar refractivity (Wildman–Crippen MR) is 123 cm³/mol. The number of hydrogen-bond donors (Lipinski definition) is 2. The minimum Gasteiger partial charge on any atom is -0.480 e. The molecule has 0 aromatic heterocycles. The summed E-state index contributed by atoms with van der Waals surface area (Å²) in [4.78, 5) is 13.5. The number of anilines is 1. The molecule has 0 aliphatic carbocycles. The second-order valence-corrected chi connectivity index (χ2v) is 9.02. The highest BCUT2D eigenvalue weighted by Crippen LogP contribution is 2.22. The number of aliphatic carboxylic acids is 1. The van der Waals surface area contributed by atoms with Crippen LogP contribution in [-0.2, 0) is 21.2 Å². The SMILES string of the molecule is CN(C)c1ccc(N=Nc2ccc(S(=O)(=O)NC(Cc3ccccc3)C(=O)O)cc2)cc1. The molecule has 32 heavy (non-hydrogen) atoms. The number of benzene rings is 3. The quantitative estimate of drug-likeness (QED) is 0.474. The van der Waals surface area contributed by atoms with E-state index in [1.54, 1.807) is 30.3 Å². The van der Waals surface area contributed by atoms with Crippen LogP contribution in [0.1, 0.15) is 5.56 Å². The smallest absolute Gasteiger partial charge is 0.322 e. The van der Waals surface area contributed by atoms with Gasteiger partial charge in [-0.15, -0.1) is 0 Å². The van der Waals surface area contributed by atoms with Gasteiger partial charge in [0.15, 0.2) is 0 Å². The molecular formula is C23H24N4O4S. The number of nitrogens with zero attached hydrogens (tertiary/aromatic N) is 3. The van der Waals surface area contributed by atoms with Gasteiger partial charge in [0.05, 0.1) is 16.3 Å². The van der Waals surface area contributed by atoms with Gasteiger partial charge < -0.3 is 10.0 Å². The maximum atomic E-state index is 12.7. The lowest BCUT2D eigenvalue weighted by atomic mass is 10.1. The van der Waals surface area contributed by atoms with Crippen LogP contribution < -0.4 is 9.62 Å². The van der Waals surface area contributed by atoms with E-state index < -0.39 is 22.0 Å². The third kappa shape index (κ3) is 6.22. The Balaban J connectivity index is 1.69. The molecule has 0 saturated carbocycles. The van der Waals surface area contributed by atoms with E-state index in [1.165, 1.54) is 24.3 Å². The van der Waals surface area contributed by atoms with Crippen molar-refractivity contribution in [2.75, 3.05) is 19.0 Å². The molecule has 3 aromatic carbocycles. The molecule has 0 heterocycles. The maximum absolute atomic E-state index is 12.7. The number of carboxylic acid groups (broad SMARTS) is 1. The monoisotopic (exact) mass is 452 g/mol. The third-order valence-corrected chi connectivity index (χ3v) is 6.16. The van der Waals surface area contributed by atoms with Crippen LogP contribution in [0.25, 0.3) is 0 Å². The molecule has 0 amide bonds. The summed E-state index contributed by atoms with van der Waals surface area (Å²) in [6, 6.07) is 20.8. The summed E-state index contributed by atoms with van der Waals surface area (Å²) >= 11 is 0. The number of carboxylic acids is 1. The first-order valence-corrected chi connectivity index (χ1v) is 11.3. The summed E-state index contributed by atoms with van der Waals surface area (Å²) in [7, 11) is -0.138. The molecule has 0 bridgehead atoms. The van der Waals surface area contributed by atoms with Crippen LogP contribution in [-0.4, -0.2) is 39.6 Å². The van der Waals surface area contributed by atoms with Crippen LogP contribution in [0.15, 0.2) is 94.0 Å². The fourth-order valence-corrected chi connectivity index (χ4v) is 4.10. The molecule has 0 spiro atoms. The number of rotatable bonds is 9. The van der Waals surface area contributed by atoms with E-state index >= 15 is 0 Å². The minimum atomic E-state index is -4.03. The Morgan fingerprint density at radius 1 is 0.906 bits per heavy atom. The highest BCUT2D eigenvalue weighted by molar-refractivity contribution is 7.89. The van der Waals surface area contributed by atoms with Gasteiger partial charge in [0, 0.05) is 19.8 Å². The van der Waals surface area contributed by atoms with E-state index in [-0.39, 0.29) is 11.3 Å². The molecular weight excluding hydrogens is 428 g/mol. The van der Waals surface area contributed by atoms with Gasteiger partial charge in [0.2, 0.25) is 10.0 Å². The first-order valence-electron chi connectivity index (χ1n) is 9.83. The van der Waals surface area contributed by atoms with Crippen molar-refractivity contribution in [2.45, 2.75) is 17.4 Å². The van der Waals surface area contributed by atoms with Crippen molar-refractivity contribution in [3.05, 3.63) is 84.4 Å². The molecule has 1 unspecified atom stereocenters. The van der Waals surface area contributed by atoms with Crippen molar-refractivity contribution in [1.29, 1.82) is 0 Å². The van der Waals surface area contributed by atoms with Crippen molar-refractivity contribution in [3.8, 4) is 0 Å². The van der Waals surface area contributed by atoms with Gasteiger partial charge in [0.1, 0.15) is 6.04 Å². The molecule has 9 heteroatoms. The largest absolute Gasteiger partial charge is 0.480 e. The molecule has 2 N–H and O–H groups in total. The highest BCUT2D eigenvalue weighted by atomic mass is 32.2. The average Bonchev–Trinajstić information content (AvgIpc) is 2.78. The standard InChI is InChI=1S/C23H24N4O4S/c1-27(2)20-12-8-18(9-13-20)24-25-19-10-14-21(15-11-19)32(30,31)26-22(23(28)29)16-17-6-4-3-5-7-17/h3-15,22,26H,16H2,1-2H3,(H,28,29). The number of azo groups is 1. The van der Waals surface area contributed by atoms with Gasteiger partial charge in [-0.05, 0) is 60.5 Å². The Bertz CT molecular complexity index is 1180. The Morgan fingerprint density at radius 2 is 1.44 bits per heavy atom. The van der Waals surface area contributed by atoms with Crippen LogP contribution in [0, 0.1) is 0 Å². The number of carbonyl (C=O) groups is 1. The fourth-order valence-electron chi connectivity index (χ4n) is 2.91. The third-order valence-electron chi connectivity index (χ3n) is 4.67. The van der Waals surface area contributed by atoms with Gasteiger partial charge in [0.25, 0.3) is 0 Å². The summed E-state index contributed by atoms with van der Waals surface area (Å²) < 4.78 is 27.6. The Labute approximate surface area is 187 Å².